The molecule has 2 aliphatic carbocycles. The number of hydrogen-bond acceptors (Lipinski definition) is 5. The van der Waals surface area contributed by atoms with Gasteiger partial charge in [-0.25, -0.2) is 14.2 Å². The second-order valence-electron chi connectivity index (χ2n) is 14.3. The number of amides is 4. The van der Waals surface area contributed by atoms with Crippen molar-refractivity contribution < 1.29 is 55.0 Å². The largest absolute Gasteiger partial charge is 0.507 e. The second kappa shape index (κ2) is 11.9. The average molecular weight is 771 g/mol. The molecule has 4 amide bonds. The molecule has 0 spiro atoms. The van der Waals surface area contributed by atoms with Gasteiger partial charge in [-0.1, -0.05) is 53.6 Å². The summed E-state index contributed by atoms with van der Waals surface area (Å²) in [7, 11) is 0. The Morgan fingerprint density at radius 2 is 1.41 bits per heavy atom. The highest BCUT2D eigenvalue weighted by atomic mass is 35.5. The Kier molecular flexibility index (Phi) is 7.87. The molecule has 0 radical (unpaired) electrons. The standard InChI is InChI=1S/C39H26ClF7N2O5/c1-37-27(34(52)49(36(37)54)19-6-10-29(41)28(40)15-19)16-26-24(32(37)23-9-11-30(50)22-5-3-2-4-21(22)23)7-8-25-31(26)35(53)48(33(25)51)20-13-17(38(42,43)44)12-18(14-20)39(45,46)47/h2-7,9-15,25-27,31-32,50H,8,16H2,1H3/t25-,26+,27-,31-,32-,37+/m0/s1. The number of hydrogen-bond donors (Lipinski definition) is 1. The predicted molar refractivity (Wildman–Crippen MR) is 181 cm³/mol. The van der Waals surface area contributed by atoms with Crippen molar-refractivity contribution in [1.29, 1.82) is 0 Å². The average Bonchev–Trinajstić information content (AvgIpc) is 3.48. The number of allylic oxidation sites excluding steroid dienone is 2. The summed E-state index contributed by atoms with van der Waals surface area (Å²) >= 11 is 6.05. The van der Waals surface area contributed by atoms with E-state index in [-0.39, 0.29) is 35.4 Å². The van der Waals surface area contributed by atoms with Crippen molar-refractivity contribution in [3.8, 4) is 5.75 Å². The van der Waals surface area contributed by atoms with Gasteiger partial charge in [0, 0.05) is 11.3 Å². The van der Waals surface area contributed by atoms with Crippen molar-refractivity contribution in [2.75, 3.05) is 9.80 Å². The van der Waals surface area contributed by atoms with Gasteiger partial charge in [0.15, 0.2) is 0 Å². The van der Waals surface area contributed by atoms with Crippen LogP contribution in [0.1, 0.15) is 42.4 Å². The first-order valence-corrected chi connectivity index (χ1v) is 17.1. The lowest BCUT2D eigenvalue weighted by Crippen LogP contribution is -2.49. The second-order valence-corrected chi connectivity index (χ2v) is 14.7. The number of aromatic hydroxyl groups is 1. The number of phenols is 1. The highest BCUT2D eigenvalue weighted by molar-refractivity contribution is 6.32. The van der Waals surface area contributed by atoms with Crippen molar-refractivity contribution in [1.82, 2.24) is 0 Å². The summed E-state index contributed by atoms with van der Waals surface area (Å²) in [4.78, 5) is 58.7. The van der Waals surface area contributed by atoms with Crippen molar-refractivity contribution in [3.63, 3.8) is 0 Å². The minimum Gasteiger partial charge on any atom is -0.507 e. The number of benzene rings is 4. The van der Waals surface area contributed by atoms with E-state index in [2.05, 4.69) is 0 Å². The summed E-state index contributed by atoms with van der Waals surface area (Å²) in [6.45, 7) is 1.59. The quantitative estimate of drug-likeness (QED) is 0.128. The molecule has 0 bridgehead atoms. The molecule has 2 heterocycles. The molecular formula is C39H26ClF7N2O5. The summed E-state index contributed by atoms with van der Waals surface area (Å²) in [5.74, 6) is -9.91. The summed E-state index contributed by atoms with van der Waals surface area (Å²) in [5, 5.41) is 11.3. The zero-order valence-corrected chi connectivity index (χ0v) is 28.6. The molecule has 6 atom stereocenters. The van der Waals surface area contributed by atoms with Crippen molar-refractivity contribution in [3.05, 3.63) is 112 Å². The number of carbonyl (C=O) groups excluding carboxylic acids is 4. The van der Waals surface area contributed by atoms with Crippen LogP contribution < -0.4 is 9.80 Å². The number of anilines is 2. The summed E-state index contributed by atoms with van der Waals surface area (Å²) < 4.78 is 97.2. The number of phenolic OH excluding ortho intramolecular Hbond substituents is 1. The van der Waals surface area contributed by atoms with Gasteiger partial charge in [-0.05, 0) is 79.1 Å². The lowest BCUT2D eigenvalue weighted by atomic mass is 9.51. The number of rotatable bonds is 3. The number of fused-ring (bicyclic) bond motifs is 5. The van der Waals surface area contributed by atoms with Crippen LogP contribution in [0.5, 0.6) is 5.75 Å². The number of alkyl halides is 6. The third kappa shape index (κ3) is 5.09. The molecule has 4 aliphatic rings. The highest BCUT2D eigenvalue weighted by Gasteiger charge is 2.68. The van der Waals surface area contributed by atoms with Crippen molar-refractivity contribution >= 4 is 57.4 Å². The molecule has 3 fully saturated rings. The molecule has 7 nitrogen and oxygen atoms in total. The van der Waals surface area contributed by atoms with E-state index < -0.39 is 93.6 Å². The summed E-state index contributed by atoms with van der Waals surface area (Å²) in [5.41, 5.74) is -4.91. The number of halogens is 8. The van der Waals surface area contributed by atoms with E-state index in [1.807, 2.05) is 0 Å². The van der Waals surface area contributed by atoms with Gasteiger partial charge in [-0.2, -0.15) is 26.3 Å². The maximum Gasteiger partial charge on any atom is 0.416 e. The first-order chi connectivity index (χ1) is 25.3. The van der Waals surface area contributed by atoms with E-state index in [0.29, 0.717) is 38.9 Å². The molecule has 4 aromatic rings. The van der Waals surface area contributed by atoms with Crippen LogP contribution in [0.4, 0.5) is 42.1 Å². The summed E-state index contributed by atoms with van der Waals surface area (Å²) in [6, 6.07) is 13.6. The van der Waals surface area contributed by atoms with Crippen molar-refractivity contribution in [2.45, 2.75) is 38.0 Å². The van der Waals surface area contributed by atoms with Crippen LogP contribution in [-0.4, -0.2) is 28.7 Å². The first kappa shape index (κ1) is 35.8. The molecule has 4 aromatic carbocycles. The zero-order valence-electron chi connectivity index (χ0n) is 27.8. The SMILES string of the molecule is C[C@@]12C(=O)N(c3ccc(F)c(Cl)c3)C(=O)[C@@H]1C[C@@H]1C(=CC[C@@H]3C(=O)N(c4cc(C(F)(F)F)cc(C(F)(F)F)c4)C(=O)[C@@H]31)[C@@H]2c1ccc(O)c2ccccc12. The Bertz CT molecular complexity index is 2340. The van der Waals surface area contributed by atoms with E-state index in [1.54, 1.807) is 43.3 Å². The molecule has 54 heavy (non-hydrogen) atoms. The molecule has 0 unspecified atom stereocenters. The fraction of sp³-hybridized carbons (Fsp3) is 0.282. The lowest BCUT2D eigenvalue weighted by molar-refractivity contribution is -0.143. The van der Waals surface area contributed by atoms with Crippen LogP contribution in [0.25, 0.3) is 10.8 Å². The van der Waals surface area contributed by atoms with Gasteiger partial charge in [0.25, 0.3) is 0 Å². The minimum absolute atomic E-state index is 0.0144. The van der Waals surface area contributed by atoms with Crippen LogP contribution in [0.2, 0.25) is 5.02 Å². The van der Waals surface area contributed by atoms with E-state index in [0.717, 1.165) is 17.0 Å². The van der Waals surface area contributed by atoms with E-state index in [1.165, 1.54) is 12.1 Å². The molecule has 2 saturated heterocycles. The molecule has 15 heteroatoms. The van der Waals surface area contributed by atoms with Crippen LogP contribution in [0.3, 0.4) is 0 Å². The van der Waals surface area contributed by atoms with Gasteiger partial charge in [0.2, 0.25) is 23.6 Å². The van der Waals surface area contributed by atoms with Crippen LogP contribution >= 0.6 is 11.6 Å². The van der Waals surface area contributed by atoms with Crippen LogP contribution in [0.15, 0.2) is 84.4 Å². The monoisotopic (exact) mass is 770 g/mol. The predicted octanol–water partition coefficient (Wildman–Crippen LogP) is 8.81. The zero-order chi connectivity index (χ0) is 38.8. The Labute approximate surface area is 306 Å². The normalized spacial score (nSPS) is 27.0. The van der Waals surface area contributed by atoms with Gasteiger partial charge < -0.3 is 5.11 Å². The molecule has 1 saturated carbocycles. The van der Waals surface area contributed by atoms with E-state index in [4.69, 9.17) is 11.6 Å². The molecule has 0 aromatic heterocycles. The van der Waals surface area contributed by atoms with E-state index in [9.17, 15) is 55.0 Å². The lowest BCUT2D eigenvalue weighted by Gasteiger charge is -2.49. The number of imide groups is 2. The van der Waals surface area contributed by atoms with Gasteiger partial charge in [0.05, 0.1) is 50.7 Å². The Balaban J connectivity index is 1.29. The maximum absolute atomic E-state index is 14.7. The molecule has 8 rings (SSSR count). The summed E-state index contributed by atoms with van der Waals surface area (Å²) in [6.07, 6.45) is -9.15. The topological polar surface area (TPSA) is 95.0 Å². The number of nitrogens with zero attached hydrogens (tertiary/aromatic N) is 2. The maximum atomic E-state index is 14.7. The Hall–Kier alpha value is -5.24. The van der Waals surface area contributed by atoms with E-state index >= 15 is 0 Å². The van der Waals surface area contributed by atoms with Gasteiger partial charge in [-0.3, -0.25) is 19.2 Å². The molecule has 278 valence electrons. The molecular weight excluding hydrogens is 745 g/mol. The fourth-order valence-corrected chi connectivity index (χ4v) is 9.28. The van der Waals surface area contributed by atoms with Crippen LogP contribution in [-0.2, 0) is 31.5 Å². The molecule has 1 N–H and O–H groups in total. The Morgan fingerprint density at radius 1 is 0.759 bits per heavy atom. The number of carbonyl (C=O) groups is 4. The third-order valence-corrected chi connectivity index (χ3v) is 11.8. The van der Waals surface area contributed by atoms with Gasteiger partial charge in [-0.15, -0.1) is 0 Å². The van der Waals surface area contributed by atoms with Crippen molar-refractivity contribution in [2.24, 2.45) is 29.1 Å². The third-order valence-electron chi connectivity index (χ3n) is 11.5. The smallest absolute Gasteiger partial charge is 0.416 e. The van der Waals surface area contributed by atoms with Gasteiger partial charge in [0.1, 0.15) is 11.6 Å². The highest BCUT2D eigenvalue weighted by Crippen LogP contribution is 2.64. The molecule has 2 aliphatic heterocycles. The van der Waals surface area contributed by atoms with Crippen LogP contribution in [0, 0.1) is 34.9 Å². The first-order valence-electron chi connectivity index (χ1n) is 16.7. The minimum atomic E-state index is -5.24. The van der Waals surface area contributed by atoms with Gasteiger partial charge >= 0.3 is 12.4 Å². The fourth-order valence-electron chi connectivity index (χ4n) is 9.11. The Morgan fingerprint density at radius 3 is 2.04 bits per heavy atom.